The molecule has 156 valence electrons. The molecule has 6 heteroatoms. The Bertz CT molecular complexity index is 814. The maximum Gasteiger partial charge on any atom is 0.221 e. The lowest BCUT2D eigenvalue weighted by atomic mass is 9.92. The molecule has 1 N–H and O–H groups in total. The predicted molar refractivity (Wildman–Crippen MR) is 124 cm³/mol. The average Bonchev–Trinajstić information content (AvgIpc) is 2.70. The Morgan fingerprint density at radius 2 is 1.86 bits per heavy atom. The van der Waals surface area contributed by atoms with Crippen LogP contribution in [-0.4, -0.2) is 53.7 Å². The molecular weight excluding hydrogens is 402 g/mol. The van der Waals surface area contributed by atoms with Crippen LogP contribution in [0.2, 0.25) is 0 Å². The van der Waals surface area contributed by atoms with Gasteiger partial charge in [-0.2, -0.15) is 0 Å². The van der Waals surface area contributed by atoms with Crippen LogP contribution < -0.4 is 5.32 Å². The van der Waals surface area contributed by atoms with E-state index in [2.05, 4.69) is 51.5 Å². The lowest BCUT2D eigenvalue weighted by Crippen LogP contribution is -2.55. The number of halogens is 1. The van der Waals surface area contributed by atoms with E-state index >= 15 is 0 Å². The first-order valence-corrected chi connectivity index (χ1v) is 11.2. The van der Waals surface area contributed by atoms with Crippen molar-refractivity contribution in [3.05, 3.63) is 59.7 Å². The van der Waals surface area contributed by atoms with E-state index in [1.54, 1.807) is 5.56 Å². The first kappa shape index (κ1) is 22.2. The molecule has 2 aliphatic rings. The number of nitrogens with one attached hydrogen (secondary N) is 1. The van der Waals surface area contributed by atoms with E-state index in [9.17, 15) is 4.79 Å². The van der Waals surface area contributed by atoms with E-state index in [0.29, 0.717) is 6.04 Å². The van der Waals surface area contributed by atoms with Crippen LogP contribution >= 0.6 is 24.2 Å². The summed E-state index contributed by atoms with van der Waals surface area (Å²) in [6.45, 7) is 7.42. The van der Waals surface area contributed by atoms with Gasteiger partial charge >= 0.3 is 0 Å². The minimum Gasteiger partial charge on any atom is -0.326 e. The van der Waals surface area contributed by atoms with E-state index in [1.165, 1.54) is 56.4 Å². The van der Waals surface area contributed by atoms with Crippen LogP contribution in [0, 0.1) is 0 Å². The number of rotatable bonds is 6. The molecule has 4 nitrogen and oxygen atoms in total. The van der Waals surface area contributed by atoms with Crippen molar-refractivity contribution >= 4 is 35.8 Å². The zero-order chi connectivity index (χ0) is 19.3. The fourth-order valence-corrected chi connectivity index (χ4v) is 5.10. The molecule has 2 aromatic rings. The molecule has 1 fully saturated rings. The number of anilines is 1. The number of thioether (sulfide) groups is 1. The highest BCUT2D eigenvalue weighted by Crippen LogP contribution is 2.26. The summed E-state index contributed by atoms with van der Waals surface area (Å²) in [6.07, 6.45) is 2.41. The highest BCUT2D eigenvalue weighted by molar-refractivity contribution is 7.99. The van der Waals surface area contributed by atoms with Crippen molar-refractivity contribution in [2.45, 2.75) is 37.2 Å². The quantitative estimate of drug-likeness (QED) is 0.546. The molecule has 1 atom stereocenters. The molecule has 4 rings (SSSR count). The molecule has 2 heterocycles. The second-order valence-electron chi connectivity index (χ2n) is 7.81. The van der Waals surface area contributed by atoms with Crippen LogP contribution in [0.5, 0.6) is 0 Å². The van der Waals surface area contributed by atoms with E-state index < -0.39 is 0 Å². The number of benzene rings is 2. The van der Waals surface area contributed by atoms with Gasteiger partial charge in [0.1, 0.15) is 0 Å². The third-order valence-electron chi connectivity index (χ3n) is 5.70. The molecule has 1 saturated heterocycles. The van der Waals surface area contributed by atoms with Gasteiger partial charge in [0.15, 0.2) is 0 Å². The maximum atomic E-state index is 11.1. The Morgan fingerprint density at radius 3 is 2.62 bits per heavy atom. The number of carbonyl (C=O) groups is 1. The SMILES string of the molecule is CC(=O)Nc1ccc(SCCCN2CCN3Cc4ccccc4CC3C2)cc1.Cl. The van der Waals surface area contributed by atoms with Gasteiger partial charge in [0, 0.05) is 49.7 Å². The lowest BCUT2D eigenvalue weighted by molar-refractivity contribution is -0.114. The minimum absolute atomic E-state index is 0. The summed E-state index contributed by atoms with van der Waals surface area (Å²) < 4.78 is 0. The highest BCUT2D eigenvalue weighted by atomic mass is 35.5. The second kappa shape index (κ2) is 10.5. The topological polar surface area (TPSA) is 35.6 Å². The third-order valence-corrected chi connectivity index (χ3v) is 6.80. The number of piperazine rings is 1. The largest absolute Gasteiger partial charge is 0.326 e. The normalized spacial score (nSPS) is 19.0. The zero-order valence-corrected chi connectivity index (χ0v) is 18.6. The van der Waals surface area contributed by atoms with E-state index in [0.717, 1.165) is 18.0 Å². The maximum absolute atomic E-state index is 11.1. The summed E-state index contributed by atoms with van der Waals surface area (Å²) in [6, 6.07) is 17.8. The van der Waals surface area contributed by atoms with Crippen molar-refractivity contribution in [3.63, 3.8) is 0 Å². The molecule has 0 radical (unpaired) electrons. The van der Waals surface area contributed by atoms with Gasteiger partial charge in [0.25, 0.3) is 0 Å². The summed E-state index contributed by atoms with van der Waals surface area (Å²) in [5.74, 6) is 1.11. The number of carbonyl (C=O) groups excluding carboxylic acids is 1. The monoisotopic (exact) mass is 431 g/mol. The van der Waals surface area contributed by atoms with Gasteiger partial charge in [-0.15, -0.1) is 24.2 Å². The van der Waals surface area contributed by atoms with E-state index in [4.69, 9.17) is 0 Å². The molecular formula is C23H30ClN3OS. The molecule has 2 aromatic carbocycles. The van der Waals surface area contributed by atoms with Gasteiger partial charge in [-0.25, -0.2) is 0 Å². The summed E-state index contributed by atoms with van der Waals surface area (Å²) in [7, 11) is 0. The van der Waals surface area contributed by atoms with Crippen LogP contribution in [0.4, 0.5) is 5.69 Å². The Morgan fingerprint density at radius 1 is 1.10 bits per heavy atom. The average molecular weight is 432 g/mol. The smallest absolute Gasteiger partial charge is 0.221 e. The standard InChI is InChI=1S/C23H29N3OS.ClH/c1-18(27)24-21-7-9-23(10-8-21)28-14-4-11-25-12-13-26-16-20-6-3-2-5-19(20)15-22(26)17-25;/h2-3,5-10,22H,4,11-17H2,1H3,(H,24,27);1H. The van der Waals surface area contributed by atoms with Crippen LogP contribution in [0.3, 0.4) is 0 Å². The molecule has 0 bridgehead atoms. The zero-order valence-electron chi connectivity index (χ0n) is 17.0. The van der Waals surface area contributed by atoms with Crippen LogP contribution in [-0.2, 0) is 17.8 Å². The van der Waals surface area contributed by atoms with Crippen LogP contribution in [0.15, 0.2) is 53.4 Å². The van der Waals surface area contributed by atoms with Crippen molar-refractivity contribution in [1.29, 1.82) is 0 Å². The van der Waals surface area contributed by atoms with Crippen molar-refractivity contribution in [2.75, 3.05) is 37.2 Å². The number of nitrogens with zero attached hydrogens (tertiary/aromatic N) is 2. The Hall–Kier alpha value is -1.53. The summed E-state index contributed by atoms with van der Waals surface area (Å²) in [5.41, 5.74) is 3.93. The molecule has 0 spiro atoms. The van der Waals surface area contributed by atoms with Gasteiger partial charge in [-0.05, 0) is 60.5 Å². The van der Waals surface area contributed by atoms with E-state index in [-0.39, 0.29) is 18.3 Å². The fraction of sp³-hybridized carbons (Fsp3) is 0.435. The first-order chi connectivity index (χ1) is 13.7. The molecule has 29 heavy (non-hydrogen) atoms. The summed E-state index contributed by atoms with van der Waals surface area (Å²) in [5, 5.41) is 2.81. The molecule has 0 aliphatic carbocycles. The second-order valence-corrected chi connectivity index (χ2v) is 8.97. The summed E-state index contributed by atoms with van der Waals surface area (Å²) in [4.78, 5) is 17.7. The Labute approximate surface area is 184 Å². The number of hydrogen-bond donors (Lipinski definition) is 1. The van der Waals surface area contributed by atoms with Gasteiger partial charge in [-0.1, -0.05) is 24.3 Å². The predicted octanol–water partition coefficient (Wildman–Crippen LogP) is 4.29. The number of hydrogen-bond acceptors (Lipinski definition) is 4. The van der Waals surface area contributed by atoms with Crippen molar-refractivity contribution < 1.29 is 4.79 Å². The summed E-state index contributed by atoms with van der Waals surface area (Å²) >= 11 is 1.90. The van der Waals surface area contributed by atoms with Crippen molar-refractivity contribution in [2.24, 2.45) is 0 Å². The van der Waals surface area contributed by atoms with Crippen LogP contribution in [0.1, 0.15) is 24.5 Å². The molecule has 1 unspecified atom stereocenters. The highest BCUT2D eigenvalue weighted by Gasteiger charge is 2.30. The lowest BCUT2D eigenvalue weighted by Gasteiger charge is -2.44. The van der Waals surface area contributed by atoms with E-state index in [1.807, 2.05) is 23.9 Å². The van der Waals surface area contributed by atoms with Gasteiger partial charge < -0.3 is 10.2 Å². The van der Waals surface area contributed by atoms with Gasteiger partial charge in [0.05, 0.1) is 0 Å². The van der Waals surface area contributed by atoms with Gasteiger partial charge in [-0.3, -0.25) is 9.69 Å². The van der Waals surface area contributed by atoms with Gasteiger partial charge in [0.2, 0.25) is 5.91 Å². The fourth-order valence-electron chi connectivity index (χ4n) is 4.26. The number of amides is 1. The molecule has 0 aromatic heterocycles. The van der Waals surface area contributed by atoms with Crippen LogP contribution in [0.25, 0.3) is 0 Å². The van der Waals surface area contributed by atoms with Crippen molar-refractivity contribution in [1.82, 2.24) is 9.80 Å². The first-order valence-electron chi connectivity index (χ1n) is 10.2. The Kier molecular flexibility index (Phi) is 8.01. The molecule has 0 saturated carbocycles. The molecule has 2 aliphatic heterocycles. The number of fused-ring (bicyclic) bond motifs is 2. The Balaban J connectivity index is 0.00000240. The molecule has 1 amide bonds. The third kappa shape index (κ3) is 5.98. The van der Waals surface area contributed by atoms with Crippen molar-refractivity contribution in [3.8, 4) is 0 Å². The minimum atomic E-state index is -0.0260.